The number of nitrogens with two attached hydrogens (primary N) is 1. The molecule has 0 unspecified atom stereocenters. The molecule has 0 amide bonds. The molecule has 0 aliphatic heterocycles. The number of rotatable bonds is 4. The number of benzene rings is 2. The number of sulfonamides is 1. The van der Waals surface area contributed by atoms with Gasteiger partial charge in [-0.3, -0.25) is 10.6 Å². The zero-order valence-electron chi connectivity index (χ0n) is 10.4. The molecule has 0 spiro atoms. The largest absolute Gasteiger partial charge is 0.324 e. The van der Waals surface area contributed by atoms with Crippen molar-refractivity contribution in [2.75, 3.05) is 10.1 Å². The van der Waals surface area contributed by atoms with Crippen molar-refractivity contribution >= 4 is 21.4 Å². The topological polar surface area (TPSA) is 84.2 Å². The van der Waals surface area contributed by atoms with Crippen LogP contribution in [0.3, 0.4) is 0 Å². The van der Waals surface area contributed by atoms with Crippen LogP contribution >= 0.6 is 0 Å². The second kappa shape index (κ2) is 5.29. The molecule has 0 heterocycles. The van der Waals surface area contributed by atoms with Gasteiger partial charge < -0.3 is 5.43 Å². The average Bonchev–Trinajstić information content (AvgIpc) is 2.38. The van der Waals surface area contributed by atoms with Crippen LogP contribution in [-0.2, 0) is 10.0 Å². The summed E-state index contributed by atoms with van der Waals surface area (Å²) < 4.78 is 26.8. The molecular weight excluding hydrogens is 262 g/mol. The van der Waals surface area contributed by atoms with Gasteiger partial charge in [0.2, 0.25) is 0 Å². The van der Waals surface area contributed by atoms with Crippen LogP contribution in [0.5, 0.6) is 0 Å². The van der Waals surface area contributed by atoms with E-state index in [-0.39, 0.29) is 4.90 Å². The van der Waals surface area contributed by atoms with Crippen molar-refractivity contribution < 1.29 is 8.42 Å². The van der Waals surface area contributed by atoms with E-state index in [4.69, 9.17) is 5.84 Å². The summed E-state index contributed by atoms with van der Waals surface area (Å²) in [4.78, 5) is 0.188. The fourth-order valence-electron chi connectivity index (χ4n) is 1.65. The normalized spacial score (nSPS) is 11.1. The smallest absolute Gasteiger partial charge is 0.261 e. The molecule has 100 valence electrons. The van der Waals surface area contributed by atoms with Crippen LogP contribution in [0.2, 0.25) is 0 Å². The molecule has 0 radical (unpaired) electrons. The van der Waals surface area contributed by atoms with Crippen LogP contribution in [0.25, 0.3) is 0 Å². The number of nitrogen functional groups attached to an aromatic ring is 1. The van der Waals surface area contributed by atoms with Gasteiger partial charge in [-0.15, -0.1) is 0 Å². The van der Waals surface area contributed by atoms with Crippen molar-refractivity contribution in [3.8, 4) is 0 Å². The summed E-state index contributed by atoms with van der Waals surface area (Å²) in [5, 5.41) is 0. The van der Waals surface area contributed by atoms with E-state index in [2.05, 4.69) is 10.1 Å². The Balaban J connectivity index is 2.27. The maximum absolute atomic E-state index is 12.1. The summed E-state index contributed by atoms with van der Waals surface area (Å²) in [5.41, 5.74) is 4.63. The third kappa shape index (κ3) is 3.24. The first-order valence-corrected chi connectivity index (χ1v) is 7.16. The van der Waals surface area contributed by atoms with Gasteiger partial charge in [-0.1, -0.05) is 12.1 Å². The van der Waals surface area contributed by atoms with Gasteiger partial charge >= 0.3 is 0 Å². The first-order chi connectivity index (χ1) is 9.01. The van der Waals surface area contributed by atoms with E-state index in [9.17, 15) is 8.42 Å². The van der Waals surface area contributed by atoms with Crippen LogP contribution in [0.15, 0.2) is 53.4 Å². The van der Waals surface area contributed by atoms with Crippen molar-refractivity contribution in [2.24, 2.45) is 5.84 Å². The first kappa shape index (κ1) is 13.4. The molecule has 6 heteroatoms. The standard InChI is InChI=1S/C13H15N3O2S/c1-10-3-2-4-12(9-10)16-19(17,18)13-7-5-11(15-14)6-8-13/h2-9,15-16H,14H2,1H3. The van der Waals surface area contributed by atoms with Gasteiger partial charge in [0.1, 0.15) is 0 Å². The highest BCUT2D eigenvalue weighted by Crippen LogP contribution is 2.18. The molecule has 2 rings (SSSR count). The first-order valence-electron chi connectivity index (χ1n) is 5.67. The molecule has 0 aromatic heterocycles. The molecule has 0 aliphatic rings. The molecule has 0 aliphatic carbocycles. The van der Waals surface area contributed by atoms with E-state index >= 15 is 0 Å². The number of hydrogen-bond acceptors (Lipinski definition) is 4. The summed E-state index contributed by atoms with van der Waals surface area (Å²) >= 11 is 0. The van der Waals surface area contributed by atoms with E-state index < -0.39 is 10.0 Å². The summed E-state index contributed by atoms with van der Waals surface area (Å²) in [6, 6.07) is 13.4. The lowest BCUT2D eigenvalue weighted by atomic mass is 10.2. The van der Waals surface area contributed by atoms with Crippen LogP contribution in [0.4, 0.5) is 11.4 Å². The number of nitrogens with one attached hydrogen (secondary N) is 2. The Morgan fingerprint density at radius 1 is 1.00 bits per heavy atom. The van der Waals surface area contributed by atoms with Crippen LogP contribution in [0.1, 0.15) is 5.56 Å². The van der Waals surface area contributed by atoms with Crippen molar-refractivity contribution in [2.45, 2.75) is 11.8 Å². The molecule has 4 N–H and O–H groups in total. The SMILES string of the molecule is Cc1cccc(NS(=O)(=O)c2ccc(NN)cc2)c1. The van der Waals surface area contributed by atoms with Crippen molar-refractivity contribution in [1.29, 1.82) is 0 Å². The molecule has 0 fully saturated rings. The lowest BCUT2D eigenvalue weighted by Gasteiger charge is -2.09. The predicted molar refractivity (Wildman–Crippen MR) is 76.2 cm³/mol. The molecule has 2 aromatic carbocycles. The van der Waals surface area contributed by atoms with Crippen molar-refractivity contribution in [3.63, 3.8) is 0 Å². The van der Waals surface area contributed by atoms with Crippen LogP contribution < -0.4 is 16.0 Å². The molecule has 0 saturated heterocycles. The summed E-state index contributed by atoms with van der Waals surface area (Å²) in [6.45, 7) is 1.90. The van der Waals surface area contributed by atoms with Crippen LogP contribution in [0, 0.1) is 6.92 Å². The summed E-state index contributed by atoms with van der Waals surface area (Å²) in [6.07, 6.45) is 0. The maximum Gasteiger partial charge on any atom is 0.261 e. The van der Waals surface area contributed by atoms with Gasteiger partial charge in [0.25, 0.3) is 10.0 Å². The molecule has 5 nitrogen and oxygen atoms in total. The van der Waals surface area contributed by atoms with Crippen molar-refractivity contribution in [1.82, 2.24) is 0 Å². The lowest BCUT2D eigenvalue weighted by molar-refractivity contribution is 0.601. The quantitative estimate of drug-likeness (QED) is 0.590. The van der Waals surface area contributed by atoms with Gasteiger partial charge in [0.15, 0.2) is 0 Å². The third-order valence-corrected chi connectivity index (χ3v) is 4.00. The molecule has 0 bridgehead atoms. The Bertz CT molecular complexity index is 667. The highest BCUT2D eigenvalue weighted by Gasteiger charge is 2.13. The zero-order chi connectivity index (χ0) is 13.9. The lowest BCUT2D eigenvalue weighted by Crippen LogP contribution is -2.13. The minimum Gasteiger partial charge on any atom is -0.324 e. The number of aryl methyl sites for hydroxylation is 1. The second-order valence-corrected chi connectivity index (χ2v) is 5.83. The minimum atomic E-state index is -3.57. The van der Waals surface area contributed by atoms with Gasteiger partial charge in [0.05, 0.1) is 4.90 Å². The second-order valence-electron chi connectivity index (χ2n) is 4.14. The Hall–Kier alpha value is -2.05. The average molecular weight is 277 g/mol. The van der Waals surface area contributed by atoms with E-state index in [0.717, 1.165) is 5.56 Å². The molecular formula is C13H15N3O2S. The van der Waals surface area contributed by atoms with E-state index in [1.807, 2.05) is 13.0 Å². The highest BCUT2D eigenvalue weighted by molar-refractivity contribution is 7.92. The number of hydrogen-bond donors (Lipinski definition) is 3. The summed E-state index contributed by atoms with van der Waals surface area (Å²) in [5.74, 6) is 5.23. The van der Waals surface area contributed by atoms with Gasteiger partial charge in [-0.25, -0.2) is 8.42 Å². The minimum absolute atomic E-state index is 0.188. The Kier molecular flexibility index (Phi) is 3.73. The Morgan fingerprint density at radius 3 is 2.26 bits per heavy atom. The Morgan fingerprint density at radius 2 is 1.68 bits per heavy atom. The van der Waals surface area contributed by atoms with E-state index in [1.165, 1.54) is 12.1 Å². The van der Waals surface area contributed by atoms with E-state index in [0.29, 0.717) is 11.4 Å². The van der Waals surface area contributed by atoms with E-state index in [1.54, 1.807) is 30.3 Å². The fourth-order valence-corrected chi connectivity index (χ4v) is 2.70. The molecule has 0 atom stereocenters. The van der Waals surface area contributed by atoms with Gasteiger partial charge in [-0.2, -0.15) is 0 Å². The predicted octanol–water partition coefficient (Wildman–Crippen LogP) is 2.08. The van der Waals surface area contributed by atoms with Gasteiger partial charge in [0, 0.05) is 11.4 Å². The third-order valence-electron chi connectivity index (χ3n) is 2.60. The van der Waals surface area contributed by atoms with Gasteiger partial charge in [-0.05, 0) is 48.9 Å². The molecule has 0 saturated carbocycles. The van der Waals surface area contributed by atoms with Crippen LogP contribution in [-0.4, -0.2) is 8.42 Å². The Labute approximate surface area is 112 Å². The number of hydrazine groups is 1. The molecule has 19 heavy (non-hydrogen) atoms. The zero-order valence-corrected chi connectivity index (χ0v) is 11.2. The molecule has 2 aromatic rings. The monoisotopic (exact) mass is 277 g/mol. The number of anilines is 2. The fraction of sp³-hybridized carbons (Fsp3) is 0.0769. The van der Waals surface area contributed by atoms with Crippen molar-refractivity contribution in [3.05, 3.63) is 54.1 Å². The highest BCUT2D eigenvalue weighted by atomic mass is 32.2. The maximum atomic E-state index is 12.1. The summed E-state index contributed by atoms with van der Waals surface area (Å²) in [7, 11) is -3.57.